The van der Waals surface area contributed by atoms with Crippen molar-refractivity contribution in [3.8, 4) is 6.07 Å². The molecule has 2 aromatic rings. The van der Waals surface area contributed by atoms with Crippen LogP contribution >= 0.6 is 0 Å². The summed E-state index contributed by atoms with van der Waals surface area (Å²) in [4.78, 5) is 12.1. The molecule has 0 saturated carbocycles. The minimum atomic E-state index is -0.703. The highest BCUT2D eigenvalue weighted by atomic mass is 16.5. The van der Waals surface area contributed by atoms with Crippen LogP contribution in [-0.4, -0.2) is 22.9 Å². The summed E-state index contributed by atoms with van der Waals surface area (Å²) in [6, 6.07) is 8.25. The number of benzene rings is 1. The molecule has 6 nitrogen and oxygen atoms in total. The van der Waals surface area contributed by atoms with E-state index < -0.39 is 12.0 Å². The number of anilines is 1. The van der Waals surface area contributed by atoms with Crippen molar-refractivity contribution in [2.75, 3.05) is 12.4 Å². The molecule has 1 aromatic heterocycles. The molecule has 0 saturated heterocycles. The van der Waals surface area contributed by atoms with Crippen LogP contribution < -0.4 is 5.32 Å². The van der Waals surface area contributed by atoms with Gasteiger partial charge >= 0.3 is 5.97 Å². The Bertz CT molecular complexity index is 738. The molecule has 0 aliphatic heterocycles. The quantitative estimate of drug-likeness (QED) is 0.878. The predicted octanol–water partition coefficient (Wildman–Crippen LogP) is 2.84. The molecular formula is C17H20N4O2. The third-order valence-corrected chi connectivity index (χ3v) is 3.37. The average molecular weight is 312 g/mol. The van der Waals surface area contributed by atoms with Gasteiger partial charge in [0.25, 0.3) is 0 Å². The first kappa shape index (κ1) is 16.6. The first-order chi connectivity index (χ1) is 10.8. The minimum absolute atomic E-state index is 0.151. The van der Waals surface area contributed by atoms with Gasteiger partial charge in [0.1, 0.15) is 0 Å². The number of nitriles is 1. The van der Waals surface area contributed by atoms with Gasteiger partial charge in [-0.2, -0.15) is 10.4 Å². The summed E-state index contributed by atoms with van der Waals surface area (Å²) in [7, 11) is 1.34. The normalized spacial score (nSPS) is 12.3. The Morgan fingerprint density at radius 3 is 2.74 bits per heavy atom. The van der Waals surface area contributed by atoms with Gasteiger partial charge in [0, 0.05) is 6.20 Å². The van der Waals surface area contributed by atoms with E-state index in [1.54, 1.807) is 30.5 Å². The van der Waals surface area contributed by atoms with Crippen LogP contribution in [0.15, 0.2) is 36.7 Å². The summed E-state index contributed by atoms with van der Waals surface area (Å²) in [5.74, 6) is -0.427. The molecule has 0 spiro atoms. The lowest BCUT2D eigenvalue weighted by atomic mass is 10.0. The summed E-state index contributed by atoms with van der Waals surface area (Å²) in [6.45, 7) is 6.12. The van der Waals surface area contributed by atoms with E-state index in [1.807, 2.05) is 31.6 Å². The van der Waals surface area contributed by atoms with E-state index in [4.69, 9.17) is 10.00 Å². The van der Waals surface area contributed by atoms with E-state index in [0.29, 0.717) is 16.8 Å². The maximum absolute atomic E-state index is 12.1. The first-order valence-electron chi connectivity index (χ1n) is 7.24. The molecule has 0 amide bonds. The summed E-state index contributed by atoms with van der Waals surface area (Å²) in [5, 5.41) is 16.4. The molecular weight excluding hydrogens is 292 g/mol. The van der Waals surface area contributed by atoms with Crippen LogP contribution in [0.25, 0.3) is 0 Å². The van der Waals surface area contributed by atoms with Gasteiger partial charge in [-0.05, 0) is 38.5 Å². The van der Waals surface area contributed by atoms with Crippen LogP contribution in [0.2, 0.25) is 0 Å². The number of rotatable bonds is 4. The zero-order valence-electron chi connectivity index (χ0n) is 13.7. The van der Waals surface area contributed by atoms with Crippen molar-refractivity contribution in [3.63, 3.8) is 0 Å². The minimum Gasteiger partial charge on any atom is -0.467 e. The number of ether oxygens (including phenoxy) is 1. The van der Waals surface area contributed by atoms with Gasteiger partial charge in [0.2, 0.25) is 0 Å². The maximum Gasteiger partial charge on any atom is 0.332 e. The zero-order chi connectivity index (χ0) is 17.0. The third-order valence-electron chi connectivity index (χ3n) is 3.37. The van der Waals surface area contributed by atoms with Gasteiger partial charge in [0.05, 0.1) is 36.2 Å². The fourth-order valence-electron chi connectivity index (χ4n) is 2.11. The number of nitrogens with zero attached hydrogens (tertiary/aromatic N) is 3. The number of aromatic nitrogens is 2. The molecule has 1 heterocycles. The number of nitrogens with one attached hydrogen (secondary N) is 1. The van der Waals surface area contributed by atoms with Gasteiger partial charge in [-0.15, -0.1) is 0 Å². The average Bonchev–Trinajstić information content (AvgIpc) is 3.01. The van der Waals surface area contributed by atoms with Gasteiger partial charge in [-0.25, -0.2) is 4.79 Å². The van der Waals surface area contributed by atoms with Crippen molar-refractivity contribution in [2.45, 2.75) is 32.4 Å². The molecule has 0 fully saturated rings. The number of carbonyl (C=O) groups excluding carboxylic acids is 1. The maximum atomic E-state index is 12.1. The SMILES string of the molecule is COC(=O)[C@@H](Nc1cnn(C(C)(C)C)c1)c1cccc(C#N)c1. The number of methoxy groups -OCH3 is 1. The molecule has 2 rings (SSSR count). The van der Waals surface area contributed by atoms with Crippen LogP contribution in [0, 0.1) is 11.3 Å². The Kier molecular flexibility index (Phi) is 4.70. The van der Waals surface area contributed by atoms with Crippen molar-refractivity contribution in [2.24, 2.45) is 0 Å². The van der Waals surface area contributed by atoms with E-state index in [-0.39, 0.29) is 5.54 Å². The molecule has 23 heavy (non-hydrogen) atoms. The topological polar surface area (TPSA) is 79.9 Å². The predicted molar refractivity (Wildman–Crippen MR) is 86.8 cm³/mol. The lowest BCUT2D eigenvalue weighted by molar-refractivity contribution is -0.141. The van der Waals surface area contributed by atoms with Crippen LogP contribution in [0.5, 0.6) is 0 Å². The van der Waals surface area contributed by atoms with Gasteiger partial charge in [-0.1, -0.05) is 12.1 Å². The van der Waals surface area contributed by atoms with E-state index in [1.165, 1.54) is 7.11 Å². The van der Waals surface area contributed by atoms with Crippen LogP contribution in [0.4, 0.5) is 5.69 Å². The molecule has 0 unspecified atom stereocenters. The Labute approximate surface area is 135 Å². The van der Waals surface area contributed by atoms with E-state index >= 15 is 0 Å². The van der Waals surface area contributed by atoms with Crippen molar-refractivity contribution < 1.29 is 9.53 Å². The fourth-order valence-corrected chi connectivity index (χ4v) is 2.11. The molecule has 1 atom stereocenters. The first-order valence-corrected chi connectivity index (χ1v) is 7.24. The molecule has 6 heteroatoms. The third kappa shape index (κ3) is 3.89. The Balaban J connectivity index is 2.31. The number of esters is 1. The van der Waals surface area contributed by atoms with Crippen molar-refractivity contribution >= 4 is 11.7 Å². The summed E-state index contributed by atoms with van der Waals surface area (Å²) >= 11 is 0. The molecule has 0 aliphatic carbocycles. The number of hydrogen-bond acceptors (Lipinski definition) is 5. The van der Waals surface area contributed by atoms with E-state index in [2.05, 4.69) is 16.5 Å². The van der Waals surface area contributed by atoms with Gasteiger partial charge in [-0.3, -0.25) is 4.68 Å². The molecule has 0 bridgehead atoms. The Morgan fingerprint density at radius 1 is 1.43 bits per heavy atom. The van der Waals surface area contributed by atoms with Crippen molar-refractivity contribution in [1.29, 1.82) is 5.26 Å². The highest BCUT2D eigenvalue weighted by Gasteiger charge is 2.23. The zero-order valence-corrected chi connectivity index (χ0v) is 13.7. The Morgan fingerprint density at radius 2 is 2.17 bits per heavy atom. The van der Waals surface area contributed by atoms with Crippen LogP contribution in [0.3, 0.4) is 0 Å². The van der Waals surface area contributed by atoms with Crippen molar-refractivity contribution in [3.05, 3.63) is 47.8 Å². The standard InChI is InChI=1S/C17H20N4O2/c1-17(2,3)21-11-14(10-19-21)20-15(16(22)23-4)13-7-5-6-12(8-13)9-18/h5-8,10-11,15,20H,1-4H3/t15-/m0/s1. The second-order valence-electron chi connectivity index (χ2n) is 6.18. The smallest absolute Gasteiger partial charge is 0.332 e. The molecule has 0 radical (unpaired) electrons. The highest BCUT2D eigenvalue weighted by Crippen LogP contribution is 2.23. The molecule has 1 N–H and O–H groups in total. The van der Waals surface area contributed by atoms with Crippen LogP contribution in [0.1, 0.15) is 37.9 Å². The second-order valence-corrected chi connectivity index (χ2v) is 6.18. The summed E-state index contributed by atoms with van der Waals surface area (Å²) in [6.07, 6.45) is 3.50. The van der Waals surface area contributed by atoms with Gasteiger partial charge in [0.15, 0.2) is 6.04 Å². The molecule has 120 valence electrons. The monoisotopic (exact) mass is 312 g/mol. The number of carbonyl (C=O) groups is 1. The van der Waals surface area contributed by atoms with E-state index in [0.717, 1.165) is 0 Å². The fraction of sp³-hybridized carbons (Fsp3) is 0.353. The van der Waals surface area contributed by atoms with Crippen molar-refractivity contribution in [1.82, 2.24) is 9.78 Å². The Hall–Kier alpha value is -2.81. The lowest BCUT2D eigenvalue weighted by Crippen LogP contribution is -2.23. The van der Waals surface area contributed by atoms with Crippen LogP contribution in [-0.2, 0) is 15.1 Å². The molecule has 1 aromatic carbocycles. The second kappa shape index (κ2) is 6.53. The van der Waals surface area contributed by atoms with Gasteiger partial charge < -0.3 is 10.1 Å². The lowest BCUT2D eigenvalue weighted by Gasteiger charge is -2.19. The van der Waals surface area contributed by atoms with E-state index in [9.17, 15) is 4.79 Å². The number of hydrogen-bond donors (Lipinski definition) is 1. The molecule has 0 aliphatic rings. The largest absolute Gasteiger partial charge is 0.467 e. The summed E-state index contributed by atoms with van der Waals surface area (Å²) < 4.78 is 6.69. The summed E-state index contributed by atoms with van der Waals surface area (Å²) in [5.41, 5.74) is 1.71. The highest BCUT2D eigenvalue weighted by molar-refractivity contribution is 5.81.